The van der Waals surface area contributed by atoms with Crippen LogP contribution in [0.5, 0.6) is 5.75 Å². The number of nitrogens with one attached hydrogen (secondary N) is 2. The predicted octanol–water partition coefficient (Wildman–Crippen LogP) is 2.69. The fourth-order valence-electron chi connectivity index (χ4n) is 2.13. The summed E-state index contributed by atoms with van der Waals surface area (Å²) in [5, 5.41) is 20.2. The van der Waals surface area contributed by atoms with Gasteiger partial charge in [0.15, 0.2) is 0 Å². The van der Waals surface area contributed by atoms with Crippen LogP contribution in [0.25, 0.3) is 11.3 Å². The van der Waals surface area contributed by atoms with Crippen LogP contribution >= 0.6 is 0 Å². The summed E-state index contributed by atoms with van der Waals surface area (Å²) >= 11 is 0. The third kappa shape index (κ3) is 3.30. The Kier molecular flexibility index (Phi) is 4.33. The minimum atomic E-state index is -0.531. The minimum absolute atomic E-state index is 0.125. The van der Waals surface area contributed by atoms with Gasteiger partial charge in [-0.25, -0.2) is 9.82 Å². The lowest BCUT2D eigenvalue weighted by molar-refractivity contribution is 0.0952. The lowest BCUT2D eigenvalue weighted by Crippen LogP contribution is -2.17. The van der Waals surface area contributed by atoms with Gasteiger partial charge in [0.2, 0.25) is 0 Å². The Hall–Kier alpha value is -3.48. The van der Waals surface area contributed by atoms with Gasteiger partial charge in [-0.2, -0.15) is 10.2 Å². The molecule has 0 saturated carbocycles. The highest BCUT2D eigenvalue weighted by atomic mass is 19.1. The van der Waals surface area contributed by atoms with Crippen LogP contribution in [0.1, 0.15) is 15.9 Å². The molecule has 1 heterocycles. The third-order valence-electron chi connectivity index (χ3n) is 3.32. The fourth-order valence-corrected chi connectivity index (χ4v) is 2.13. The molecule has 0 unspecified atom stereocenters. The van der Waals surface area contributed by atoms with Gasteiger partial charge in [-0.15, -0.1) is 0 Å². The van der Waals surface area contributed by atoms with E-state index < -0.39 is 5.91 Å². The molecule has 3 rings (SSSR count). The first-order chi connectivity index (χ1) is 11.6. The fraction of sp³-hybridized carbons (Fsp3) is 0. The summed E-state index contributed by atoms with van der Waals surface area (Å²) in [5.74, 6) is -0.986. The number of carbonyl (C=O) groups excluding carboxylic acids is 1. The third-order valence-corrected chi connectivity index (χ3v) is 3.32. The summed E-state index contributed by atoms with van der Waals surface area (Å²) in [6, 6.07) is 12.1. The number of benzene rings is 2. The van der Waals surface area contributed by atoms with E-state index in [2.05, 4.69) is 20.7 Å². The van der Waals surface area contributed by atoms with Crippen LogP contribution in [0.15, 0.2) is 59.8 Å². The normalized spacial score (nSPS) is 10.9. The van der Waals surface area contributed by atoms with E-state index in [4.69, 9.17) is 0 Å². The quantitative estimate of drug-likeness (QED) is 0.509. The van der Waals surface area contributed by atoms with Crippen molar-refractivity contribution >= 4 is 12.1 Å². The van der Waals surface area contributed by atoms with E-state index in [0.717, 1.165) is 5.56 Å². The second-order valence-electron chi connectivity index (χ2n) is 4.92. The first-order valence-electron chi connectivity index (χ1n) is 7.06. The number of halogens is 1. The predicted molar refractivity (Wildman–Crippen MR) is 87.1 cm³/mol. The van der Waals surface area contributed by atoms with Crippen LogP contribution in [0.2, 0.25) is 0 Å². The largest absolute Gasteiger partial charge is 0.507 e. The highest BCUT2D eigenvalue weighted by molar-refractivity contribution is 5.97. The standard InChI is InChI=1S/C17H13FN4O2/c18-13-7-5-11(6-8-13)16-12(9-19-21-16)10-20-22-17(24)14-3-1-2-4-15(14)23/h1-10,23H,(H,19,21)(H,22,24)/b20-10-. The molecule has 0 bridgehead atoms. The summed E-state index contributed by atoms with van der Waals surface area (Å²) in [6.45, 7) is 0. The molecule has 0 spiro atoms. The van der Waals surface area contributed by atoms with Crippen molar-refractivity contribution in [2.45, 2.75) is 0 Å². The molecule has 0 radical (unpaired) electrons. The first kappa shape index (κ1) is 15.4. The van der Waals surface area contributed by atoms with Gasteiger partial charge in [-0.3, -0.25) is 9.89 Å². The van der Waals surface area contributed by atoms with Crippen LogP contribution in [0, 0.1) is 5.82 Å². The molecule has 0 saturated heterocycles. The lowest BCUT2D eigenvalue weighted by atomic mass is 10.1. The topological polar surface area (TPSA) is 90.4 Å². The number of hydrazone groups is 1. The van der Waals surface area contributed by atoms with Crippen molar-refractivity contribution in [1.82, 2.24) is 15.6 Å². The average molecular weight is 324 g/mol. The van der Waals surface area contributed by atoms with Crippen LogP contribution < -0.4 is 5.43 Å². The van der Waals surface area contributed by atoms with Crippen molar-refractivity contribution in [3.63, 3.8) is 0 Å². The summed E-state index contributed by atoms with van der Waals surface area (Å²) in [5.41, 5.74) is 4.47. The second-order valence-corrected chi connectivity index (χ2v) is 4.92. The zero-order chi connectivity index (χ0) is 16.9. The number of nitrogens with zero attached hydrogens (tertiary/aromatic N) is 2. The molecule has 3 aromatic rings. The molecular weight excluding hydrogens is 311 g/mol. The molecular formula is C17H13FN4O2. The van der Waals surface area contributed by atoms with Crippen molar-refractivity contribution in [2.24, 2.45) is 5.10 Å². The number of phenols is 1. The molecule has 2 aromatic carbocycles. The van der Waals surface area contributed by atoms with E-state index >= 15 is 0 Å². The number of para-hydroxylation sites is 1. The van der Waals surface area contributed by atoms with E-state index in [-0.39, 0.29) is 17.1 Å². The minimum Gasteiger partial charge on any atom is -0.507 e. The second kappa shape index (κ2) is 6.74. The van der Waals surface area contributed by atoms with Crippen LogP contribution in [-0.2, 0) is 0 Å². The molecule has 7 heteroatoms. The number of phenolic OH excluding ortho intramolecular Hbond substituents is 1. The lowest BCUT2D eigenvalue weighted by Gasteiger charge is -2.02. The van der Waals surface area contributed by atoms with Gasteiger partial charge in [-0.05, 0) is 36.4 Å². The number of aromatic amines is 1. The number of rotatable bonds is 4. The molecule has 1 amide bonds. The molecule has 120 valence electrons. The zero-order valence-corrected chi connectivity index (χ0v) is 12.4. The monoisotopic (exact) mass is 324 g/mol. The van der Waals surface area contributed by atoms with Gasteiger partial charge in [0.25, 0.3) is 5.91 Å². The molecule has 24 heavy (non-hydrogen) atoms. The van der Waals surface area contributed by atoms with Crippen LogP contribution in [-0.4, -0.2) is 27.4 Å². The van der Waals surface area contributed by atoms with Gasteiger partial charge in [-0.1, -0.05) is 12.1 Å². The number of aromatic nitrogens is 2. The Bertz CT molecular complexity index is 888. The van der Waals surface area contributed by atoms with E-state index in [9.17, 15) is 14.3 Å². The summed E-state index contributed by atoms with van der Waals surface area (Å²) < 4.78 is 13.0. The van der Waals surface area contributed by atoms with Gasteiger partial charge >= 0.3 is 0 Å². The molecule has 1 aromatic heterocycles. The Morgan fingerprint density at radius 3 is 2.71 bits per heavy atom. The van der Waals surface area contributed by atoms with Gasteiger partial charge in [0.1, 0.15) is 11.6 Å². The van der Waals surface area contributed by atoms with Crippen LogP contribution in [0.3, 0.4) is 0 Å². The number of H-pyrrole nitrogens is 1. The number of amides is 1. The van der Waals surface area contributed by atoms with Gasteiger partial charge in [0, 0.05) is 11.1 Å². The van der Waals surface area contributed by atoms with Crippen molar-refractivity contribution in [3.05, 3.63) is 71.7 Å². The molecule has 0 aliphatic rings. The Morgan fingerprint density at radius 1 is 1.21 bits per heavy atom. The Balaban J connectivity index is 1.74. The molecule has 0 fully saturated rings. The van der Waals surface area contributed by atoms with E-state index in [1.54, 1.807) is 24.3 Å². The molecule has 0 aliphatic heterocycles. The van der Waals surface area contributed by atoms with E-state index in [1.165, 1.54) is 36.7 Å². The zero-order valence-electron chi connectivity index (χ0n) is 12.4. The maximum atomic E-state index is 13.0. The Labute approximate surface area is 136 Å². The number of hydrogen-bond acceptors (Lipinski definition) is 4. The molecule has 0 aliphatic carbocycles. The van der Waals surface area contributed by atoms with Crippen LogP contribution in [0.4, 0.5) is 4.39 Å². The molecule has 0 atom stereocenters. The Morgan fingerprint density at radius 2 is 1.96 bits per heavy atom. The highest BCUT2D eigenvalue weighted by Crippen LogP contribution is 2.20. The smallest absolute Gasteiger partial charge is 0.275 e. The van der Waals surface area contributed by atoms with Crippen molar-refractivity contribution in [3.8, 4) is 17.0 Å². The maximum absolute atomic E-state index is 13.0. The highest BCUT2D eigenvalue weighted by Gasteiger charge is 2.09. The van der Waals surface area contributed by atoms with Gasteiger partial charge < -0.3 is 5.11 Å². The number of hydrogen-bond donors (Lipinski definition) is 3. The summed E-state index contributed by atoms with van der Waals surface area (Å²) in [4.78, 5) is 11.9. The average Bonchev–Trinajstić information content (AvgIpc) is 3.04. The van der Waals surface area contributed by atoms with Crippen molar-refractivity contribution in [1.29, 1.82) is 0 Å². The van der Waals surface area contributed by atoms with E-state index in [0.29, 0.717) is 11.3 Å². The van der Waals surface area contributed by atoms with Crippen molar-refractivity contribution < 1.29 is 14.3 Å². The van der Waals surface area contributed by atoms with Gasteiger partial charge in [0.05, 0.1) is 23.7 Å². The molecule has 3 N–H and O–H groups in total. The SMILES string of the molecule is O=C(N/N=C\c1cn[nH]c1-c1ccc(F)cc1)c1ccccc1O. The molecule has 6 nitrogen and oxygen atoms in total. The summed E-state index contributed by atoms with van der Waals surface area (Å²) in [6.07, 6.45) is 2.95. The van der Waals surface area contributed by atoms with Crippen molar-refractivity contribution in [2.75, 3.05) is 0 Å². The number of aromatic hydroxyl groups is 1. The first-order valence-corrected chi connectivity index (χ1v) is 7.06. The van der Waals surface area contributed by atoms with E-state index in [1.807, 2.05) is 0 Å². The maximum Gasteiger partial charge on any atom is 0.275 e. The summed E-state index contributed by atoms with van der Waals surface area (Å²) in [7, 11) is 0. The number of carbonyl (C=O) groups is 1.